The van der Waals surface area contributed by atoms with Crippen molar-refractivity contribution in [3.8, 4) is 0 Å². The molecule has 0 fully saturated rings. The first-order chi connectivity index (χ1) is 35.0. The van der Waals surface area contributed by atoms with E-state index in [0.717, 1.165) is 96.3 Å². The molecule has 6 nitrogen and oxygen atoms in total. The van der Waals surface area contributed by atoms with E-state index in [9.17, 15) is 14.4 Å². The topological polar surface area (TPSA) is 78.9 Å². The van der Waals surface area contributed by atoms with Crippen molar-refractivity contribution in [1.29, 1.82) is 0 Å². The number of esters is 3. The second-order valence-electron chi connectivity index (χ2n) is 20.6. The molecule has 0 aromatic carbocycles. The van der Waals surface area contributed by atoms with Gasteiger partial charge in [-0.05, 0) is 83.5 Å². The van der Waals surface area contributed by atoms with E-state index in [2.05, 4.69) is 81.5 Å². The van der Waals surface area contributed by atoms with Gasteiger partial charge in [0.25, 0.3) is 0 Å². The van der Waals surface area contributed by atoms with Crippen molar-refractivity contribution < 1.29 is 28.6 Å². The van der Waals surface area contributed by atoms with E-state index in [-0.39, 0.29) is 31.1 Å². The normalized spacial score (nSPS) is 12.4. The van der Waals surface area contributed by atoms with E-state index >= 15 is 0 Å². The number of ether oxygens (including phenoxy) is 3. The Morgan fingerprint density at radius 2 is 0.549 bits per heavy atom. The Kier molecular flexibility index (Phi) is 57.2. The smallest absolute Gasteiger partial charge is 0.306 e. The van der Waals surface area contributed by atoms with Gasteiger partial charge in [0.1, 0.15) is 13.2 Å². The predicted molar refractivity (Wildman–Crippen MR) is 307 cm³/mol. The Hall–Kier alpha value is -2.89. The molecular formula is C65H116O6. The highest BCUT2D eigenvalue weighted by molar-refractivity contribution is 5.71. The number of allylic oxidation sites excluding steroid dienone is 10. The van der Waals surface area contributed by atoms with Gasteiger partial charge in [0.15, 0.2) is 6.10 Å². The van der Waals surface area contributed by atoms with E-state index in [1.165, 1.54) is 180 Å². The quantitative estimate of drug-likeness (QED) is 0.0261. The SMILES string of the molecule is CC/C=C\C/C=C\C/C=C\C/C=C\CCCCCCC(=O)O[C@H](COC(=O)CCCCCCCCCCC/C=C\CCCCCCCC)COC(=O)CCCCCCCCCCCCCCCCCCC. The number of carbonyl (C=O) groups excluding carboxylic acids is 3. The molecule has 0 amide bonds. The van der Waals surface area contributed by atoms with Crippen LogP contribution in [-0.4, -0.2) is 37.2 Å². The third kappa shape index (κ3) is 57.9. The Labute approximate surface area is 440 Å². The average molecular weight is 994 g/mol. The summed E-state index contributed by atoms with van der Waals surface area (Å²) in [5, 5.41) is 0. The van der Waals surface area contributed by atoms with Gasteiger partial charge < -0.3 is 14.2 Å². The second kappa shape index (κ2) is 59.7. The Morgan fingerprint density at radius 1 is 0.296 bits per heavy atom. The summed E-state index contributed by atoms with van der Waals surface area (Å²) < 4.78 is 16.9. The van der Waals surface area contributed by atoms with Gasteiger partial charge >= 0.3 is 17.9 Å². The maximum atomic E-state index is 12.9. The van der Waals surface area contributed by atoms with Crippen molar-refractivity contribution in [2.75, 3.05) is 13.2 Å². The van der Waals surface area contributed by atoms with Gasteiger partial charge in [-0.1, -0.05) is 274 Å². The fourth-order valence-corrected chi connectivity index (χ4v) is 8.90. The van der Waals surface area contributed by atoms with Crippen LogP contribution < -0.4 is 0 Å². The molecule has 0 saturated carbocycles. The lowest BCUT2D eigenvalue weighted by atomic mass is 10.0. The number of rotatable bonds is 56. The Morgan fingerprint density at radius 3 is 0.873 bits per heavy atom. The van der Waals surface area contributed by atoms with E-state index in [1.807, 2.05) is 0 Å². The number of unbranched alkanes of at least 4 members (excludes halogenated alkanes) is 35. The van der Waals surface area contributed by atoms with Crippen molar-refractivity contribution in [3.63, 3.8) is 0 Å². The molecule has 0 aliphatic rings. The van der Waals surface area contributed by atoms with Crippen LogP contribution in [0.2, 0.25) is 0 Å². The molecule has 0 aliphatic carbocycles. The van der Waals surface area contributed by atoms with Crippen LogP contribution in [0.4, 0.5) is 0 Å². The summed E-state index contributed by atoms with van der Waals surface area (Å²) in [7, 11) is 0. The summed E-state index contributed by atoms with van der Waals surface area (Å²) >= 11 is 0. The maximum absolute atomic E-state index is 12.9. The molecule has 0 radical (unpaired) electrons. The molecule has 0 aliphatic heterocycles. The summed E-state index contributed by atoms with van der Waals surface area (Å²) in [4.78, 5) is 38.3. The lowest BCUT2D eigenvalue weighted by Gasteiger charge is -2.18. The van der Waals surface area contributed by atoms with Gasteiger partial charge in [0.05, 0.1) is 0 Å². The van der Waals surface area contributed by atoms with E-state index in [4.69, 9.17) is 14.2 Å². The molecule has 71 heavy (non-hydrogen) atoms. The first kappa shape index (κ1) is 68.1. The molecule has 0 spiro atoms. The van der Waals surface area contributed by atoms with Gasteiger partial charge in [-0.25, -0.2) is 0 Å². The monoisotopic (exact) mass is 993 g/mol. The van der Waals surface area contributed by atoms with Gasteiger partial charge in [-0.2, -0.15) is 0 Å². The summed E-state index contributed by atoms with van der Waals surface area (Å²) in [6.07, 6.45) is 75.0. The number of hydrogen-bond donors (Lipinski definition) is 0. The van der Waals surface area contributed by atoms with Crippen molar-refractivity contribution in [2.45, 2.75) is 322 Å². The van der Waals surface area contributed by atoms with Crippen molar-refractivity contribution in [1.82, 2.24) is 0 Å². The van der Waals surface area contributed by atoms with Crippen molar-refractivity contribution >= 4 is 17.9 Å². The van der Waals surface area contributed by atoms with Crippen LogP contribution in [0, 0.1) is 0 Å². The molecule has 1 atom stereocenters. The summed E-state index contributed by atoms with van der Waals surface area (Å²) in [6, 6.07) is 0. The lowest BCUT2D eigenvalue weighted by molar-refractivity contribution is -0.167. The minimum Gasteiger partial charge on any atom is -0.462 e. The Bertz CT molecular complexity index is 1280. The van der Waals surface area contributed by atoms with E-state index < -0.39 is 6.10 Å². The van der Waals surface area contributed by atoms with Crippen LogP contribution in [-0.2, 0) is 28.6 Å². The zero-order chi connectivity index (χ0) is 51.4. The predicted octanol–water partition coefficient (Wildman–Crippen LogP) is 20.8. The van der Waals surface area contributed by atoms with Crippen molar-refractivity contribution in [2.24, 2.45) is 0 Å². The molecule has 0 aromatic rings. The number of carbonyl (C=O) groups is 3. The first-order valence-electron chi connectivity index (χ1n) is 30.8. The van der Waals surface area contributed by atoms with Crippen LogP contribution in [0.1, 0.15) is 316 Å². The molecule has 412 valence electrons. The minimum absolute atomic E-state index is 0.0817. The standard InChI is InChI=1S/C65H116O6/c1-4-7-10-13-16-19-22-25-28-31-32-35-37-40-43-46-49-52-55-58-64(67)70-61-62(71-65(68)59-56-53-50-47-44-41-38-34-30-27-24-21-18-15-12-9-6-3)60-69-63(66)57-54-51-48-45-42-39-36-33-29-26-23-20-17-14-11-8-5-2/h9,12,18,21,25,27-28,30,38,41,62H,4-8,10-11,13-17,19-20,22-24,26,29,31-37,39-40,42-61H2,1-3H3/b12-9-,21-18-,28-25-,30-27-,41-38-/t62-/m0/s1. The summed E-state index contributed by atoms with van der Waals surface area (Å²) in [5.41, 5.74) is 0. The average Bonchev–Trinajstić information content (AvgIpc) is 3.37. The van der Waals surface area contributed by atoms with Gasteiger partial charge in [0, 0.05) is 19.3 Å². The second-order valence-corrected chi connectivity index (χ2v) is 20.6. The zero-order valence-corrected chi connectivity index (χ0v) is 47.2. The largest absolute Gasteiger partial charge is 0.462 e. The molecule has 0 unspecified atom stereocenters. The number of hydrogen-bond acceptors (Lipinski definition) is 6. The lowest BCUT2D eigenvalue weighted by Crippen LogP contribution is -2.30. The zero-order valence-electron chi connectivity index (χ0n) is 47.2. The fourth-order valence-electron chi connectivity index (χ4n) is 8.90. The molecule has 0 rings (SSSR count). The van der Waals surface area contributed by atoms with Crippen LogP contribution in [0.5, 0.6) is 0 Å². The summed E-state index contributed by atoms with van der Waals surface area (Å²) in [5.74, 6) is -0.891. The highest BCUT2D eigenvalue weighted by atomic mass is 16.6. The van der Waals surface area contributed by atoms with E-state index in [0.29, 0.717) is 19.3 Å². The van der Waals surface area contributed by atoms with Gasteiger partial charge in [-0.15, -0.1) is 0 Å². The molecule has 0 N–H and O–H groups in total. The molecule has 0 aromatic heterocycles. The molecular weight excluding hydrogens is 877 g/mol. The van der Waals surface area contributed by atoms with Crippen LogP contribution >= 0.6 is 0 Å². The first-order valence-corrected chi connectivity index (χ1v) is 30.8. The molecule has 6 heteroatoms. The fraction of sp³-hybridized carbons (Fsp3) is 0.800. The minimum atomic E-state index is -0.787. The third-order valence-electron chi connectivity index (χ3n) is 13.5. The van der Waals surface area contributed by atoms with Crippen LogP contribution in [0.25, 0.3) is 0 Å². The van der Waals surface area contributed by atoms with Crippen molar-refractivity contribution in [3.05, 3.63) is 60.8 Å². The highest BCUT2D eigenvalue weighted by Crippen LogP contribution is 2.17. The van der Waals surface area contributed by atoms with E-state index in [1.54, 1.807) is 0 Å². The molecule has 0 saturated heterocycles. The van der Waals surface area contributed by atoms with Gasteiger partial charge in [-0.3, -0.25) is 14.4 Å². The summed E-state index contributed by atoms with van der Waals surface area (Å²) in [6.45, 7) is 6.55. The van der Waals surface area contributed by atoms with Gasteiger partial charge in [0.2, 0.25) is 0 Å². The molecule has 0 heterocycles. The highest BCUT2D eigenvalue weighted by Gasteiger charge is 2.19. The molecule has 0 bridgehead atoms. The van der Waals surface area contributed by atoms with Crippen LogP contribution in [0.3, 0.4) is 0 Å². The Balaban J connectivity index is 4.38. The maximum Gasteiger partial charge on any atom is 0.306 e. The third-order valence-corrected chi connectivity index (χ3v) is 13.5. The van der Waals surface area contributed by atoms with Crippen LogP contribution in [0.15, 0.2) is 60.8 Å².